The van der Waals surface area contributed by atoms with E-state index in [0.717, 1.165) is 5.56 Å². The van der Waals surface area contributed by atoms with Crippen molar-refractivity contribution in [3.05, 3.63) is 63.3 Å². The molecule has 1 aliphatic rings. The van der Waals surface area contributed by atoms with Crippen LogP contribution < -0.4 is 5.56 Å². The first-order valence-corrected chi connectivity index (χ1v) is 8.72. The normalized spacial score (nSPS) is 28.0. The molecule has 1 unspecified atom stereocenters. The van der Waals surface area contributed by atoms with Crippen LogP contribution in [0, 0.1) is 17.1 Å². The number of aromatic amines is 1. The second-order valence-corrected chi connectivity index (χ2v) is 6.51. The maximum absolute atomic E-state index is 11.4. The highest BCUT2D eigenvalue weighted by molar-refractivity contribution is 7.71. The first kappa shape index (κ1) is 18.5. The van der Waals surface area contributed by atoms with E-state index >= 15 is 0 Å². The van der Waals surface area contributed by atoms with E-state index in [0.29, 0.717) is 13.0 Å². The Morgan fingerprint density at radius 3 is 2.77 bits per heavy atom. The summed E-state index contributed by atoms with van der Waals surface area (Å²) in [5.41, 5.74) is -0.454. The number of aromatic nitrogens is 2. The lowest BCUT2D eigenvalue weighted by molar-refractivity contribution is -0.0877. The first-order chi connectivity index (χ1) is 12.5. The lowest BCUT2D eigenvalue weighted by Crippen LogP contribution is -2.43. The number of hydrogen-bond acceptors (Lipinski definition) is 5. The molecule has 1 aromatic heterocycles. The Bertz CT molecular complexity index is 917. The summed E-state index contributed by atoms with van der Waals surface area (Å²) in [5, 5.41) is 10.9. The van der Waals surface area contributed by atoms with Gasteiger partial charge in [0.15, 0.2) is 16.6 Å². The zero-order chi connectivity index (χ0) is 18.7. The van der Waals surface area contributed by atoms with Crippen LogP contribution in [0.25, 0.3) is 0 Å². The monoisotopic (exact) mass is 372 g/mol. The van der Waals surface area contributed by atoms with Gasteiger partial charge in [0.1, 0.15) is 12.2 Å². The highest BCUT2D eigenvalue weighted by Crippen LogP contribution is 2.41. The molecule has 1 aliphatic heterocycles. The number of terminal acetylenes is 1. The molecule has 2 N–H and O–H groups in total. The van der Waals surface area contributed by atoms with Crippen LogP contribution in [-0.2, 0) is 16.1 Å². The van der Waals surface area contributed by atoms with Crippen molar-refractivity contribution in [1.82, 2.24) is 9.55 Å². The number of benzene rings is 1. The van der Waals surface area contributed by atoms with Gasteiger partial charge in [-0.1, -0.05) is 43.2 Å². The molecule has 0 bridgehead atoms. The predicted octanol–water partition coefficient (Wildman–Crippen LogP) is 2.16. The standard InChI is InChI=1S/C19H20N2O4S/c1-3-19(4-2)16(24-12-13-8-6-5-7-9-13)15(23)17(25-19)21-11-10-14(22)20-18(21)26/h1,5-11,15-17,23H,4,12H2,2H3,(H,20,22,26)/t15-,16?,17+,19+/m0/s1. The third-order valence-corrected chi connectivity index (χ3v) is 4.87. The summed E-state index contributed by atoms with van der Waals surface area (Å²) in [6, 6.07) is 10.9. The van der Waals surface area contributed by atoms with E-state index in [9.17, 15) is 9.90 Å². The molecular weight excluding hydrogens is 352 g/mol. The highest BCUT2D eigenvalue weighted by atomic mass is 32.1. The lowest BCUT2D eigenvalue weighted by Gasteiger charge is -2.28. The quantitative estimate of drug-likeness (QED) is 0.621. The molecule has 1 aromatic carbocycles. The van der Waals surface area contributed by atoms with Crippen molar-refractivity contribution in [2.24, 2.45) is 0 Å². The Labute approximate surface area is 156 Å². The van der Waals surface area contributed by atoms with Crippen molar-refractivity contribution < 1.29 is 14.6 Å². The van der Waals surface area contributed by atoms with E-state index in [4.69, 9.17) is 28.1 Å². The molecule has 0 radical (unpaired) electrons. The van der Waals surface area contributed by atoms with Crippen LogP contribution in [0.4, 0.5) is 0 Å². The van der Waals surface area contributed by atoms with Crippen molar-refractivity contribution in [2.75, 3.05) is 0 Å². The summed E-state index contributed by atoms with van der Waals surface area (Å²) in [7, 11) is 0. The van der Waals surface area contributed by atoms with Gasteiger partial charge < -0.3 is 14.6 Å². The topological polar surface area (TPSA) is 76.5 Å². The molecule has 6 nitrogen and oxygen atoms in total. The van der Waals surface area contributed by atoms with Gasteiger partial charge in [-0.05, 0) is 24.2 Å². The van der Waals surface area contributed by atoms with Crippen LogP contribution in [0.1, 0.15) is 25.1 Å². The smallest absolute Gasteiger partial charge is 0.251 e. The minimum Gasteiger partial charge on any atom is -0.386 e. The van der Waals surface area contributed by atoms with Gasteiger partial charge in [-0.2, -0.15) is 0 Å². The van der Waals surface area contributed by atoms with Crippen molar-refractivity contribution in [3.63, 3.8) is 0 Å². The van der Waals surface area contributed by atoms with Crippen LogP contribution in [0.5, 0.6) is 0 Å². The Morgan fingerprint density at radius 1 is 1.42 bits per heavy atom. The third-order valence-electron chi connectivity index (χ3n) is 4.56. The van der Waals surface area contributed by atoms with Crippen molar-refractivity contribution in [1.29, 1.82) is 0 Å². The molecule has 1 saturated heterocycles. The number of hydrogen-bond donors (Lipinski definition) is 2. The van der Waals surface area contributed by atoms with E-state index in [1.165, 1.54) is 16.8 Å². The average Bonchev–Trinajstić information content (AvgIpc) is 2.93. The number of nitrogens with one attached hydrogen (secondary N) is 1. The summed E-state index contributed by atoms with van der Waals surface area (Å²) in [5.74, 6) is 2.65. The van der Waals surface area contributed by atoms with Gasteiger partial charge in [-0.15, -0.1) is 6.42 Å². The molecule has 0 amide bonds. The average molecular weight is 372 g/mol. The van der Waals surface area contributed by atoms with Crippen LogP contribution in [0.2, 0.25) is 0 Å². The highest BCUT2D eigenvalue weighted by Gasteiger charge is 2.54. The summed E-state index contributed by atoms with van der Waals surface area (Å²) < 4.78 is 13.6. The van der Waals surface area contributed by atoms with Gasteiger partial charge in [-0.3, -0.25) is 14.3 Å². The minimum absolute atomic E-state index is 0.146. The maximum atomic E-state index is 11.4. The van der Waals surface area contributed by atoms with E-state index in [1.807, 2.05) is 37.3 Å². The number of rotatable bonds is 5. The number of nitrogens with zero attached hydrogens (tertiary/aromatic N) is 1. The molecule has 3 rings (SSSR count). The maximum Gasteiger partial charge on any atom is 0.251 e. The molecule has 7 heteroatoms. The van der Waals surface area contributed by atoms with Gasteiger partial charge >= 0.3 is 0 Å². The van der Waals surface area contributed by atoms with Crippen LogP contribution in [-0.4, -0.2) is 32.5 Å². The van der Waals surface area contributed by atoms with Crippen LogP contribution in [0.15, 0.2) is 47.4 Å². The van der Waals surface area contributed by atoms with E-state index in [1.54, 1.807) is 0 Å². The summed E-state index contributed by atoms with van der Waals surface area (Å²) in [6.07, 6.45) is 5.03. The Balaban J connectivity index is 1.90. The van der Waals surface area contributed by atoms with Gasteiger partial charge in [-0.25, -0.2) is 0 Å². The predicted molar refractivity (Wildman–Crippen MR) is 98.9 cm³/mol. The minimum atomic E-state index is -1.09. The van der Waals surface area contributed by atoms with Crippen molar-refractivity contribution >= 4 is 12.2 Å². The van der Waals surface area contributed by atoms with Crippen LogP contribution in [0.3, 0.4) is 0 Å². The zero-order valence-electron chi connectivity index (χ0n) is 14.3. The summed E-state index contributed by atoms with van der Waals surface area (Å²) in [4.78, 5) is 13.9. The largest absolute Gasteiger partial charge is 0.386 e. The Morgan fingerprint density at radius 2 is 2.15 bits per heavy atom. The lowest BCUT2D eigenvalue weighted by atomic mass is 9.93. The molecule has 0 aliphatic carbocycles. The number of aliphatic hydroxyl groups excluding tert-OH is 1. The fraction of sp³-hybridized carbons (Fsp3) is 0.368. The molecule has 26 heavy (non-hydrogen) atoms. The van der Waals surface area contributed by atoms with Crippen molar-refractivity contribution in [3.8, 4) is 12.3 Å². The fourth-order valence-electron chi connectivity index (χ4n) is 3.12. The molecule has 2 heterocycles. The molecule has 2 aromatic rings. The molecular formula is C19H20N2O4S. The van der Waals surface area contributed by atoms with Gasteiger partial charge in [0, 0.05) is 12.3 Å². The summed E-state index contributed by atoms with van der Waals surface area (Å²) >= 11 is 5.18. The van der Waals surface area contributed by atoms with E-state index in [2.05, 4.69) is 10.9 Å². The number of ether oxygens (including phenoxy) is 2. The molecule has 0 saturated carbocycles. The third kappa shape index (κ3) is 3.37. The fourth-order valence-corrected chi connectivity index (χ4v) is 3.39. The number of H-pyrrole nitrogens is 1. The molecule has 136 valence electrons. The van der Waals surface area contributed by atoms with Crippen LogP contribution >= 0.6 is 12.2 Å². The molecule has 1 fully saturated rings. The second kappa shape index (κ2) is 7.56. The van der Waals surface area contributed by atoms with Gasteiger partial charge in [0.25, 0.3) is 5.56 Å². The SMILES string of the molecule is C#C[C@]1(CC)O[C@@H](n2ccc(=O)[nH]c2=S)[C@@H](O)C1OCc1ccccc1. The molecule has 4 atom stereocenters. The first-order valence-electron chi connectivity index (χ1n) is 8.31. The summed E-state index contributed by atoms with van der Waals surface area (Å²) in [6.45, 7) is 2.17. The van der Waals surface area contributed by atoms with E-state index in [-0.39, 0.29) is 10.3 Å². The molecule has 0 spiro atoms. The van der Waals surface area contributed by atoms with Gasteiger partial charge in [0.2, 0.25) is 0 Å². The van der Waals surface area contributed by atoms with E-state index < -0.39 is 24.0 Å². The zero-order valence-corrected chi connectivity index (χ0v) is 15.1. The van der Waals surface area contributed by atoms with Crippen molar-refractivity contribution in [2.45, 2.75) is 44.0 Å². The Hall–Kier alpha value is -2.24. The number of aliphatic hydroxyl groups is 1. The second-order valence-electron chi connectivity index (χ2n) is 6.12. The Kier molecular flexibility index (Phi) is 5.39. The van der Waals surface area contributed by atoms with Gasteiger partial charge in [0.05, 0.1) is 6.61 Å².